The summed E-state index contributed by atoms with van der Waals surface area (Å²) in [5.41, 5.74) is 1.16. The quantitative estimate of drug-likeness (QED) is 0.714. The van der Waals surface area contributed by atoms with E-state index in [9.17, 15) is 9.90 Å². The molecule has 0 bridgehead atoms. The molecule has 0 fully saturated rings. The maximum Gasteiger partial charge on any atom is 0.0715 e. The summed E-state index contributed by atoms with van der Waals surface area (Å²) < 4.78 is 0. The molecule has 0 aliphatic heterocycles. The van der Waals surface area contributed by atoms with Gasteiger partial charge in [0, 0.05) is 12.2 Å². The molecule has 1 aromatic carbocycles. The van der Waals surface area contributed by atoms with Crippen LogP contribution in [0.3, 0.4) is 0 Å². The summed E-state index contributed by atoms with van der Waals surface area (Å²) in [7, 11) is 0. The number of nitrogens with one attached hydrogen (secondary N) is 1. The minimum absolute atomic E-state index is 0.214. The number of unbranched alkanes of at least 4 members (excludes halogenated alkanes) is 1. The smallest absolute Gasteiger partial charge is 0.0715 e. The van der Waals surface area contributed by atoms with E-state index in [2.05, 4.69) is 12.2 Å². The molecule has 0 amide bonds. The van der Waals surface area contributed by atoms with Crippen LogP contribution in [0, 0.1) is 0 Å². The molecule has 0 unspecified atom stereocenters. The average molecular weight is 192 g/mol. The van der Waals surface area contributed by atoms with E-state index in [-0.39, 0.29) is 5.56 Å². The van der Waals surface area contributed by atoms with Gasteiger partial charge in [-0.15, -0.1) is 0 Å². The molecule has 76 valence electrons. The van der Waals surface area contributed by atoms with E-state index in [1.54, 1.807) is 24.3 Å². The standard InChI is InChI=1S/C11H15NO2/c1-2-3-8-12-10-6-4-9(5-7-10)11(13)14/h4-7,12H,2-3,8H2,1H3,(H,13,14)/p-1. The summed E-state index contributed by atoms with van der Waals surface area (Å²) in [6, 6.07) is 6.59. The second kappa shape index (κ2) is 5.27. The minimum Gasteiger partial charge on any atom is -0.545 e. The highest BCUT2D eigenvalue weighted by Gasteiger charge is 1.93. The van der Waals surface area contributed by atoms with E-state index in [4.69, 9.17) is 0 Å². The number of carbonyl (C=O) groups is 1. The van der Waals surface area contributed by atoms with Crippen molar-refractivity contribution in [2.75, 3.05) is 11.9 Å². The van der Waals surface area contributed by atoms with Crippen molar-refractivity contribution in [3.63, 3.8) is 0 Å². The summed E-state index contributed by atoms with van der Waals surface area (Å²) >= 11 is 0. The van der Waals surface area contributed by atoms with Crippen LogP contribution in [0.5, 0.6) is 0 Å². The fourth-order valence-corrected chi connectivity index (χ4v) is 1.13. The summed E-state index contributed by atoms with van der Waals surface area (Å²) in [5.74, 6) is -1.13. The zero-order valence-electron chi connectivity index (χ0n) is 8.25. The van der Waals surface area contributed by atoms with Gasteiger partial charge in [0.05, 0.1) is 5.97 Å². The lowest BCUT2D eigenvalue weighted by molar-refractivity contribution is -0.255. The Balaban J connectivity index is 2.51. The van der Waals surface area contributed by atoms with Gasteiger partial charge in [0.25, 0.3) is 0 Å². The SMILES string of the molecule is CCCCNc1ccc(C(=O)[O-])cc1. The van der Waals surface area contributed by atoms with E-state index >= 15 is 0 Å². The van der Waals surface area contributed by atoms with Gasteiger partial charge in [-0.2, -0.15) is 0 Å². The highest BCUT2D eigenvalue weighted by atomic mass is 16.4. The number of carboxylic acids is 1. The molecule has 0 saturated heterocycles. The van der Waals surface area contributed by atoms with Crippen molar-refractivity contribution in [3.05, 3.63) is 29.8 Å². The van der Waals surface area contributed by atoms with Crippen LogP contribution in [0.25, 0.3) is 0 Å². The second-order valence-corrected chi connectivity index (χ2v) is 3.15. The van der Waals surface area contributed by atoms with Crippen LogP contribution in [0.1, 0.15) is 30.1 Å². The van der Waals surface area contributed by atoms with Crippen LogP contribution >= 0.6 is 0 Å². The lowest BCUT2D eigenvalue weighted by Gasteiger charge is -2.06. The van der Waals surface area contributed by atoms with Crippen molar-refractivity contribution in [2.24, 2.45) is 0 Å². The molecule has 0 saturated carbocycles. The number of benzene rings is 1. The molecular weight excluding hydrogens is 178 g/mol. The molecule has 0 aliphatic rings. The Hall–Kier alpha value is -1.51. The Labute approximate surface area is 83.8 Å². The van der Waals surface area contributed by atoms with Crippen molar-refractivity contribution < 1.29 is 9.90 Å². The molecule has 0 aromatic heterocycles. The second-order valence-electron chi connectivity index (χ2n) is 3.15. The molecule has 0 aliphatic carbocycles. The number of hydrogen-bond acceptors (Lipinski definition) is 3. The van der Waals surface area contributed by atoms with Gasteiger partial charge in [0.1, 0.15) is 0 Å². The number of carbonyl (C=O) groups excluding carboxylic acids is 1. The van der Waals surface area contributed by atoms with Crippen LogP contribution in [-0.4, -0.2) is 12.5 Å². The summed E-state index contributed by atoms with van der Waals surface area (Å²) in [6.45, 7) is 3.04. The Morgan fingerprint density at radius 2 is 2.00 bits per heavy atom. The molecule has 0 radical (unpaired) electrons. The molecule has 0 atom stereocenters. The summed E-state index contributed by atoms with van der Waals surface area (Å²) in [5, 5.41) is 13.6. The number of carboxylic acid groups (broad SMARTS) is 1. The van der Waals surface area contributed by atoms with Gasteiger partial charge < -0.3 is 15.2 Å². The molecule has 0 spiro atoms. The average Bonchev–Trinajstić information content (AvgIpc) is 2.19. The van der Waals surface area contributed by atoms with E-state index in [0.717, 1.165) is 25.1 Å². The number of anilines is 1. The van der Waals surface area contributed by atoms with E-state index in [1.165, 1.54) is 0 Å². The summed E-state index contributed by atoms with van der Waals surface area (Å²) in [4.78, 5) is 10.4. The van der Waals surface area contributed by atoms with Gasteiger partial charge in [-0.25, -0.2) is 0 Å². The van der Waals surface area contributed by atoms with Crippen LogP contribution in [-0.2, 0) is 0 Å². The lowest BCUT2D eigenvalue weighted by Crippen LogP contribution is -2.21. The van der Waals surface area contributed by atoms with E-state index < -0.39 is 5.97 Å². The first-order valence-electron chi connectivity index (χ1n) is 4.79. The third-order valence-electron chi connectivity index (χ3n) is 1.98. The maximum absolute atomic E-state index is 10.4. The maximum atomic E-state index is 10.4. The van der Waals surface area contributed by atoms with Gasteiger partial charge in [-0.3, -0.25) is 0 Å². The van der Waals surface area contributed by atoms with Crippen LogP contribution < -0.4 is 10.4 Å². The molecule has 1 N–H and O–H groups in total. The number of rotatable bonds is 5. The Morgan fingerprint density at radius 3 is 2.50 bits per heavy atom. The van der Waals surface area contributed by atoms with Gasteiger partial charge in [0.2, 0.25) is 0 Å². The molecule has 1 rings (SSSR count). The normalized spacial score (nSPS) is 9.79. The zero-order chi connectivity index (χ0) is 10.4. The monoisotopic (exact) mass is 192 g/mol. The molecule has 3 heteroatoms. The first-order valence-corrected chi connectivity index (χ1v) is 4.79. The Morgan fingerprint density at radius 1 is 1.36 bits per heavy atom. The lowest BCUT2D eigenvalue weighted by atomic mass is 10.2. The largest absolute Gasteiger partial charge is 0.545 e. The predicted molar refractivity (Wildman–Crippen MR) is 54.2 cm³/mol. The first kappa shape index (κ1) is 10.6. The Kier molecular flexibility index (Phi) is 3.98. The highest BCUT2D eigenvalue weighted by molar-refractivity contribution is 5.86. The van der Waals surface area contributed by atoms with Gasteiger partial charge in [-0.05, 0) is 24.1 Å². The van der Waals surface area contributed by atoms with Gasteiger partial charge in [-0.1, -0.05) is 25.5 Å². The Bertz CT molecular complexity index is 293. The minimum atomic E-state index is -1.13. The summed E-state index contributed by atoms with van der Waals surface area (Å²) in [6.07, 6.45) is 2.26. The topological polar surface area (TPSA) is 52.2 Å². The zero-order valence-corrected chi connectivity index (χ0v) is 8.25. The van der Waals surface area contributed by atoms with Crippen LogP contribution in [0.2, 0.25) is 0 Å². The van der Waals surface area contributed by atoms with Crippen LogP contribution in [0.4, 0.5) is 5.69 Å². The van der Waals surface area contributed by atoms with Crippen molar-refractivity contribution in [1.82, 2.24) is 0 Å². The predicted octanol–water partition coefficient (Wildman–Crippen LogP) is 1.26. The molecule has 0 heterocycles. The van der Waals surface area contributed by atoms with Crippen molar-refractivity contribution in [1.29, 1.82) is 0 Å². The van der Waals surface area contributed by atoms with E-state index in [1.807, 2.05) is 0 Å². The molecule has 3 nitrogen and oxygen atoms in total. The van der Waals surface area contributed by atoms with Gasteiger partial charge in [0.15, 0.2) is 0 Å². The van der Waals surface area contributed by atoms with Crippen molar-refractivity contribution in [2.45, 2.75) is 19.8 Å². The highest BCUT2D eigenvalue weighted by Crippen LogP contribution is 2.08. The third kappa shape index (κ3) is 3.09. The molecular formula is C11H14NO2-. The number of aromatic carboxylic acids is 1. The van der Waals surface area contributed by atoms with Crippen molar-refractivity contribution >= 4 is 11.7 Å². The van der Waals surface area contributed by atoms with Crippen LogP contribution in [0.15, 0.2) is 24.3 Å². The third-order valence-corrected chi connectivity index (χ3v) is 1.98. The molecule has 14 heavy (non-hydrogen) atoms. The number of hydrogen-bond donors (Lipinski definition) is 1. The van der Waals surface area contributed by atoms with Crippen molar-refractivity contribution in [3.8, 4) is 0 Å². The van der Waals surface area contributed by atoms with Gasteiger partial charge >= 0.3 is 0 Å². The molecule has 1 aromatic rings. The van der Waals surface area contributed by atoms with E-state index in [0.29, 0.717) is 0 Å². The first-order chi connectivity index (χ1) is 6.74. The fraction of sp³-hybridized carbons (Fsp3) is 0.364. The fourth-order valence-electron chi connectivity index (χ4n) is 1.13.